The molecule has 0 heterocycles. The lowest BCUT2D eigenvalue weighted by Crippen LogP contribution is -2.37. The molecule has 0 spiro atoms. The molecule has 0 saturated heterocycles. The van der Waals surface area contributed by atoms with Gasteiger partial charge in [0.05, 0.1) is 6.54 Å². The molecule has 0 fully saturated rings. The van der Waals surface area contributed by atoms with Crippen LogP contribution in [0.4, 0.5) is 0 Å². The normalized spacial score (nSPS) is 11.2. The zero-order chi connectivity index (χ0) is 14.8. The van der Waals surface area contributed by atoms with Gasteiger partial charge in [0.25, 0.3) is 0 Å². The fraction of sp³-hybridized carbons (Fsp3) is 0.467. The molecule has 0 atom stereocenters. The average Bonchev–Trinajstić information content (AvgIpc) is 2.45. The first-order valence-corrected chi connectivity index (χ1v) is 7.08. The van der Waals surface area contributed by atoms with Gasteiger partial charge in [-0.15, -0.1) is 0 Å². The summed E-state index contributed by atoms with van der Waals surface area (Å²) in [5, 5.41) is 6.49. The van der Waals surface area contributed by atoms with Gasteiger partial charge in [0.15, 0.2) is 5.96 Å². The van der Waals surface area contributed by atoms with E-state index < -0.39 is 5.91 Å². The van der Waals surface area contributed by atoms with Crippen LogP contribution in [0.3, 0.4) is 0 Å². The Morgan fingerprint density at radius 1 is 1.20 bits per heavy atom. The Balaban J connectivity index is 2.58. The quantitative estimate of drug-likeness (QED) is 0.402. The van der Waals surface area contributed by atoms with Crippen LogP contribution >= 0.6 is 0 Å². The third-order valence-corrected chi connectivity index (χ3v) is 2.83. The minimum absolute atomic E-state index is 0.408. The number of guanidine groups is 1. The Bertz CT molecular complexity index is 440. The van der Waals surface area contributed by atoms with E-state index in [9.17, 15) is 4.79 Å². The predicted molar refractivity (Wildman–Crippen MR) is 82.7 cm³/mol. The molecule has 1 aromatic rings. The van der Waals surface area contributed by atoms with Crippen molar-refractivity contribution in [2.45, 2.75) is 33.2 Å². The summed E-state index contributed by atoms with van der Waals surface area (Å²) in [5.41, 5.74) is 6.77. The molecule has 1 amide bonds. The van der Waals surface area contributed by atoms with Crippen molar-refractivity contribution >= 4 is 11.9 Å². The molecule has 0 aliphatic heterocycles. The maximum atomic E-state index is 11.0. The van der Waals surface area contributed by atoms with E-state index in [0.29, 0.717) is 12.1 Å². The number of primary amides is 1. The van der Waals surface area contributed by atoms with Crippen molar-refractivity contribution in [3.8, 4) is 0 Å². The zero-order valence-electron chi connectivity index (χ0n) is 12.3. The second-order valence-electron chi connectivity index (χ2n) is 4.54. The number of nitrogens with zero attached hydrogens (tertiary/aromatic N) is 1. The van der Waals surface area contributed by atoms with Crippen LogP contribution in [0.25, 0.3) is 0 Å². The number of carbonyl (C=O) groups is 1. The Hall–Kier alpha value is -2.04. The topological polar surface area (TPSA) is 79.5 Å². The van der Waals surface area contributed by atoms with E-state index in [2.05, 4.69) is 22.5 Å². The summed E-state index contributed by atoms with van der Waals surface area (Å²) in [6.07, 6.45) is 2.28. The van der Waals surface area contributed by atoms with Gasteiger partial charge in [-0.25, -0.2) is 4.99 Å². The van der Waals surface area contributed by atoms with E-state index in [4.69, 9.17) is 5.73 Å². The lowest BCUT2D eigenvalue weighted by Gasteiger charge is -2.10. The predicted octanol–water partition coefficient (Wildman–Crippen LogP) is 1.64. The first kappa shape index (κ1) is 16.0. The molecule has 0 aliphatic rings. The van der Waals surface area contributed by atoms with Gasteiger partial charge >= 0.3 is 0 Å². The molecule has 1 rings (SSSR count). The summed E-state index contributed by atoms with van der Waals surface area (Å²) in [6.45, 7) is 6.52. The maximum Gasteiger partial charge on any atom is 0.248 e. The van der Waals surface area contributed by atoms with Crippen molar-refractivity contribution in [3.63, 3.8) is 0 Å². The molecule has 0 saturated carbocycles. The van der Waals surface area contributed by atoms with E-state index in [0.717, 1.165) is 37.5 Å². The van der Waals surface area contributed by atoms with Crippen LogP contribution in [0.1, 0.15) is 42.6 Å². The molecule has 110 valence electrons. The van der Waals surface area contributed by atoms with Gasteiger partial charge in [0, 0.05) is 18.7 Å². The number of benzene rings is 1. The highest BCUT2D eigenvalue weighted by Crippen LogP contribution is 2.05. The molecular weight excluding hydrogens is 252 g/mol. The van der Waals surface area contributed by atoms with Crippen LogP contribution in [-0.2, 0) is 6.54 Å². The summed E-state index contributed by atoms with van der Waals surface area (Å²) in [5.74, 6) is 0.412. The molecular formula is C15H24N4O. The van der Waals surface area contributed by atoms with E-state index in [1.54, 1.807) is 12.1 Å². The first-order valence-electron chi connectivity index (χ1n) is 7.08. The largest absolute Gasteiger partial charge is 0.366 e. The van der Waals surface area contributed by atoms with Crippen molar-refractivity contribution in [1.29, 1.82) is 0 Å². The van der Waals surface area contributed by atoms with Crippen LogP contribution in [0.2, 0.25) is 0 Å². The van der Waals surface area contributed by atoms with Crippen LogP contribution in [0.15, 0.2) is 29.3 Å². The second-order valence-corrected chi connectivity index (χ2v) is 4.54. The van der Waals surface area contributed by atoms with Crippen molar-refractivity contribution in [3.05, 3.63) is 35.4 Å². The van der Waals surface area contributed by atoms with Crippen molar-refractivity contribution in [2.24, 2.45) is 10.7 Å². The van der Waals surface area contributed by atoms with E-state index in [1.165, 1.54) is 0 Å². The SMILES string of the molecule is CCCCNC(=NCc1ccc(C(N)=O)cc1)NCC. The summed E-state index contributed by atoms with van der Waals surface area (Å²) < 4.78 is 0. The second kappa shape index (κ2) is 8.96. The molecule has 0 aromatic heterocycles. The molecule has 5 nitrogen and oxygen atoms in total. The first-order chi connectivity index (χ1) is 9.67. The Morgan fingerprint density at radius 3 is 2.45 bits per heavy atom. The summed E-state index contributed by atoms with van der Waals surface area (Å²) in [4.78, 5) is 15.5. The maximum absolute atomic E-state index is 11.0. The van der Waals surface area contributed by atoms with Gasteiger partial charge in [-0.1, -0.05) is 25.5 Å². The molecule has 0 unspecified atom stereocenters. The number of hydrogen-bond acceptors (Lipinski definition) is 2. The minimum atomic E-state index is -0.408. The van der Waals surface area contributed by atoms with Crippen LogP contribution in [0.5, 0.6) is 0 Å². The number of rotatable bonds is 7. The van der Waals surface area contributed by atoms with Gasteiger partial charge < -0.3 is 16.4 Å². The minimum Gasteiger partial charge on any atom is -0.366 e. The van der Waals surface area contributed by atoms with E-state index in [1.807, 2.05) is 19.1 Å². The molecule has 0 bridgehead atoms. The van der Waals surface area contributed by atoms with Crippen LogP contribution < -0.4 is 16.4 Å². The lowest BCUT2D eigenvalue weighted by molar-refractivity contribution is 0.100. The Morgan fingerprint density at radius 2 is 1.90 bits per heavy atom. The van der Waals surface area contributed by atoms with Crippen molar-refractivity contribution in [2.75, 3.05) is 13.1 Å². The lowest BCUT2D eigenvalue weighted by atomic mass is 10.1. The van der Waals surface area contributed by atoms with E-state index >= 15 is 0 Å². The third-order valence-electron chi connectivity index (χ3n) is 2.83. The number of nitrogens with two attached hydrogens (primary N) is 1. The number of amides is 1. The smallest absolute Gasteiger partial charge is 0.248 e. The number of aliphatic imine (C=N–C) groups is 1. The summed E-state index contributed by atoms with van der Waals surface area (Å²) in [6, 6.07) is 7.20. The zero-order valence-corrected chi connectivity index (χ0v) is 12.3. The molecule has 0 radical (unpaired) electrons. The number of nitrogens with one attached hydrogen (secondary N) is 2. The van der Waals surface area contributed by atoms with Gasteiger partial charge in [0.1, 0.15) is 0 Å². The standard InChI is InChI=1S/C15H24N4O/c1-3-5-10-18-15(17-4-2)19-11-12-6-8-13(9-7-12)14(16)20/h6-9H,3-5,10-11H2,1-2H3,(H2,16,20)(H2,17,18,19). The molecule has 4 N–H and O–H groups in total. The average molecular weight is 276 g/mol. The summed E-state index contributed by atoms with van der Waals surface area (Å²) >= 11 is 0. The fourth-order valence-corrected chi connectivity index (χ4v) is 1.67. The van der Waals surface area contributed by atoms with Crippen LogP contribution in [-0.4, -0.2) is 25.0 Å². The monoisotopic (exact) mass is 276 g/mol. The number of hydrogen-bond donors (Lipinski definition) is 3. The fourth-order valence-electron chi connectivity index (χ4n) is 1.67. The van der Waals surface area contributed by atoms with Crippen LogP contribution in [0, 0.1) is 0 Å². The summed E-state index contributed by atoms with van der Waals surface area (Å²) in [7, 11) is 0. The van der Waals surface area contributed by atoms with Gasteiger partial charge in [-0.05, 0) is 31.0 Å². The molecule has 1 aromatic carbocycles. The van der Waals surface area contributed by atoms with Gasteiger partial charge in [0.2, 0.25) is 5.91 Å². The van der Waals surface area contributed by atoms with Crippen molar-refractivity contribution < 1.29 is 4.79 Å². The third kappa shape index (κ3) is 5.73. The molecule has 20 heavy (non-hydrogen) atoms. The Kier molecular flexibility index (Phi) is 7.17. The van der Waals surface area contributed by atoms with E-state index in [-0.39, 0.29) is 0 Å². The highest BCUT2D eigenvalue weighted by Gasteiger charge is 2.00. The molecule has 0 aliphatic carbocycles. The Labute approximate surface area is 120 Å². The highest BCUT2D eigenvalue weighted by atomic mass is 16.1. The highest BCUT2D eigenvalue weighted by molar-refractivity contribution is 5.92. The number of unbranched alkanes of at least 4 members (excludes halogenated alkanes) is 1. The van der Waals surface area contributed by atoms with Gasteiger partial charge in [-0.2, -0.15) is 0 Å². The van der Waals surface area contributed by atoms with Crippen molar-refractivity contribution in [1.82, 2.24) is 10.6 Å². The molecule has 5 heteroatoms. The number of carbonyl (C=O) groups excluding carboxylic acids is 1. The van der Waals surface area contributed by atoms with Gasteiger partial charge in [-0.3, -0.25) is 4.79 Å².